The lowest BCUT2D eigenvalue weighted by molar-refractivity contribution is -0.0586. The Kier molecular flexibility index (Phi) is 10.5. The molecule has 23 heteroatoms. The van der Waals surface area contributed by atoms with Crippen LogP contribution in [0.5, 0.6) is 0 Å². The minimum absolute atomic E-state index is 0.0995. The summed E-state index contributed by atoms with van der Waals surface area (Å²) in [5.41, 5.74) is -18.6. The molecule has 0 aliphatic carbocycles. The molecule has 1 rings (SSSR count). The number of rotatable bonds is 5. The number of carbonyl (C=O) groups excluding carboxylic acids is 1. The Morgan fingerprint density at radius 2 is 1.17 bits per heavy atom. The second-order valence-corrected chi connectivity index (χ2v) is 12.5. The van der Waals surface area contributed by atoms with Crippen LogP contribution < -0.4 is 0 Å². The molecule has 1 aliphatic rings. The number of carbonyl (C=O) groups is 1. The Hall–Kier alpha value is -1.59. The molecular formula is C13H18F9NO10S3. The highest BCUT2D eigenvalue weighted by Crippen LogP contribution is 2.32. The van der Waals surface area contributed by atoms with Crippen LogP contribution in [0.25, 0.3) is 0 Å². The van der Waals surface area contributed by atoms with Gasteiger partial charge in [-0.2, -0.15) is 64.8 Å². The Morgan fingerprint density at radius 3 is 1.50 bits per heavy atom. The zero-order chi connectivity index (χ0) is 29.2. The van der Waals surface area contributed by atoms with Crippen molar-refractivity contribution in [3.8, 4) is 0 Å². The number of hydrogen-bond donors (Lipinski definition) is 0. The predicted molar refractivity (Wildman–Crippen MR) is 97.9 cm³/mol. The highest BCUT2D eigenvalue weighted by molar-refractivity contribution is 8.00. The Labute approximate surface area is 198 Å². The first-order valence-electron chi connectivity index (χ1n) is 8.80. The van der Waals surface area contributed by atoms with E-state index in [0.717, 1.165) is 0 Å². The molecule has 0 spiro atoms. The first-order valence-corrected chi connectivity index (χ1v) is 13.0. The third-order valence-electron chi connectivity index (χ3n) is 3.43. The smallest absolute Gasteiger partial charge is 0.444 e. The van der Waals surface area contributed by atoms with Gasteiger partial charge in [-0.05, 0) is 27.2 Å². The van der Waals surface area contributed by atoms with Gasteiger partial charge in [0.25, 0.3) is 0 Å². The van der Waals surface area contributed by atoms with Crippen molar-refractivity contribution in [3.05, 3.63) is 0 Å². The van der Waals surface area contributed by atoms with Gasteiger partial charge in [0.1, 0.15) is 5.60 Å². The van der Waals surface area contributed by atoms with Crippen molar-refractivity contribution in [2.24, 2.45) is 5.92 Å². The van der Waals surface area contributed by atoms with Crippen molar-refractivity contribution in [2.75, 3.05) is 19.7 Å². The topological polar surface area (TPSA) is 150 Å². The van der Waals surface area contributed by atoms with E-state index >= 15 is 0 Å². The summed E-state index contributed by atoms with van der Waals surface area (Å²) in [6, 6.07) is 0. The molecule has 11 nitrogen and oxygen atoms in total. The third-order valence-corrected chi connectivity index (χ3v) is 7.01. The fourth-order valence-corrected chi connectivity index (χ4v) is 3.97. The van der Waals surface area contributed by atoms with E-state index in [4.69, 9.17) is 4.74 Å². The van der Waals surface area contributed by atoms with E-state index in [1.807, 2.05) is 3.63 Å². The van der Waals surface area contributed by atoms with Crippen molar-refractivity contribution in [1.82, 2.24) is 4.90 Å². The number of alkyl halides is 9. The zero-order valence-electron chi connectivity index (χ0n) is 18.1. The van der Waals surface area contributed by atoms with Gasteiger partial charge in [-0.3, -0.25) is 4.18 Å². The van der Waals surface area contributed by atoms with Crippen molar-refractivity contribution in [3.63, 3.8) is 0 Å². The fraction of sp³-hybridized carbons (Fsp3) is 0.923. The number of likely N-dealkylation sites (tertiary alicyclic amines) is 1. The van der Waals surface area contributed by atoms with Crippen LogP contribution in [0.3, 0.4) is 0 Å². The van der Waals surface area contributed by atoms with Crippen LogP contribution in [0.2, 0.25) is 0 Å². The van der Waals surface area contributed by atoms with E-state index in [-0.39, 0.29) is 13.1 Å². The van der Waals surface area contributed by atoms with Gasteiger partial charge in [-0.25, -0.2) is 4.79 Å². The van der Waals surface area contributed by atoms with Crippen LogP contribution >= 0.6 is 0 Å². The molecule has 0 unspecified atom stereocenters. The number of nitrogens with zero attached hydrogens (tertiary/aromatic N) is 1. The summed E-state index contributed by atoms with van der Waals surface area (Å²) < 4.78 is 177. The van der Waals surface area contributed by atoms with E-state index < -0.39 is 71.1 Å². The summed E-state index contributed by atoms with van der Waals surface area (Å²) in [4.78, 5) is 13.1. The van der Waals surface area contributed by atoms with E-state index in [9.17, 15) is 69.6 Å². The maximum absolute atomic E-state index is 12.1. The molecule has 216 valence electrons. The molecule has 0 aromatic rings. The minimum Gasteiger partial charge on any atom is -0.444 e. The van der Waals surface area contributed by atoms with E-state index in [1.165, 1.54) is 4.90 Å². The minimum atomic E-state index is -6.85. The molecule has 0 radical (unpaired) electrons. The normalized spacial score (nSPS) is 18.4. The number of amides is 1. The molecule has 1 aliphatic heterocycles. The van der Waals surface area contributed by atoms with Crippen LogP contribution in [0.1, 0.15) is 27.2 Å². The Balaban J connectivity index is 0.000000723. The lowest BCUT2D eigenvalue weighted by atomic mass is 10.1. The molecule has 36 heavy (non-hydrogen) atoms. The van der Waals surface area contributed by atoms with Crippen LogP contribution in [-0.4, -0.2) is 78.1 Å². The van der Waals surface area contributed by atoms with Gasteiger partial charge in [-0.1, -0.05) is 0 Å². The van der Waals surface area contributed by atoms with E-state index in [1.54, 1.807) is 20.8 Å². The van der Waals surface area contributed by atoms with Gasteiger partial charge >= 0.3 is 53.0 Å². The van der Waals surface area contributed by atoms with Gasteiger partial charge in [0, 0.05) is 19.0 Å². The molecule has 0 aromatic carbocycles. The molecule has 0 saturated carbocycles. The molecule has 0 N–H and O–H groups in total. The SMILES string of the molecule is CC(C)(C)OC(=O)N1CC[C@@H](COS(=O)(=O)C(F)(F)F)C1.O=S(=O)(OS(=O)(=O)C(F)(F)F)C(F)(F)F. The van der Waals surface area contributed by atoms with Crippen molar-refractivity contribution < 1.29 is 82.1 Å². The zero-order valence-corrected chi connectivity index (χ0v) is 20.5. The second kappa shape index (κ2) is 11.0. The van der Waals surface area contributed by atoms with E-state index in [2.05, 4.69) is 4.18 Å². The van der Waals surface area contributed by atoms with Crippen molar-refractivity contribution in [1.29, 1.82) is 0 Å². The van der Waals surface area contributed by atoms with Gasteiger partial charge < -0.3 is 9.64 Å². The molecule has 1 amide bonds. The Morgan fingerprint density at radius 1 is 0.778 bits per heavy atom. The molecule has 1 fully saturated rings. The quantitative estimate of drug-likeness (QED) is 0.257. The van der Waals surface area contributed by atoms with Crippen LogP contribution in [0.15, 0.2) is 0 Å². The van der Waals surface area contributed by atoms with Gasteiger partial charge in [0.05, 0.1) is 6.61 Å². The number of ether oxygens (including phenoxy) is 1. The number of halogens is 9. The van der Waals surface area contributed by atoms with Crippen molar-refractivity contribution in [2.45, 2.75) is 49.3 Å². The second-order valence-electron chi connectivity index (χ2n) is 7.63. The first-order chi connectivity index (χ1) is 15.5. The largest absolute Gasteiger partial charge is 0.524 e. The summed E-state index contributed by atoms with van der Waals surface area (Å²) in [5.74, 6) is -0.477. The van der Waals surface area contributed by atoms with Gasteiger partial charge in [0.15, 0.2) is 0 Å². The van der Waals surface area contributed by atoms with Crippen LogP contribution in [0.4, 0.5) is 44.3 Å². The summed E-state index contributed by atoms with van der Waals surface area (Å²) in [6.45, 7) is 4.85. The fourth-order valence-electron chi connectivity index (χ4n) is 1.91. The Bertz CT molecular complexity index is 1050. The van der Waals surface area contributed by atoms with Crippen LogP contribution in [-0.2, 0) is 42.9 Å². The standard InChI is InChI=1S/C11H18F3NO5S.C2F6O5S2/c1-10(2,3)20-9(16)15-5-4-8(6-15)7-19-21(17,18)11(12,13)14;3-1(4,5)14(9,10)13-15(11,12)2(6,7)8/h8H,4-7H2,1-3H3;/t8-;/m1./s1. The maximum atomic E-state index is 12.1. The van der Waals surface area contributed by atoms with Crippen LogP contribution in [0, 0.1) is 5.92 Å². The average molecular weight is 615 g/mol. The van der Waals surface area contributed by atoms with E-state index in [0.29, 0.717) is 6.42 Å². The first kappa shape index (κ1) is 34.4. The van der Waals surface area contributed by atoms with Gasteiger partial charge in [-0.15, -0.1) is 3.63 Å². The lowest BCUT2D eigenvalue weighted by Crippen LogP contribution is -2.35. The highest BCUT2D eigenvalue weighted by Gasteiger charge is 2.57. The third kappa shape index (κ3) is 10.4. The molecule has 1 heterocycles. The number of hydrogen-bond acceptors (Lipinski definition) is 10. The summed E-state index contributed by atoms with van der Waals surface area (Å²) >= 11 is 0. The summed E-state index contributed by atoms with van der Waals surface area (Å²) in [5, 5.41) is 0. The predicted octanol–water partition coefficient (Wildman–Crippen LogP) is 2.81. The van der Waals surface area contributed by atoms with Gasteiger partial charge in [0.2, 0.25) is 0 Å². The molecule has 1 atom stereocenters. The maximum Gasteiger partial charge on any atom is 0.524 e. The van der Waals surface area contributed by atoms with Crippen molar-refractivity contribution >= 4 is 36.4 Å². The molecule has 0 aromatic heterocycles. The molecular weight excluding hydrogens is 597 g/mol. The lowest BCUT2D eigenvalue weighted by Gasteiger charge is -2.24. The average Bonchev–Trinajstić information content (AvgIpc) is 3.04. The summed E-state index contributed by atoms with van der Waals surface area (Å²) in [7, 11) is -19.3. The summed E-state index contributed by atoms with van der Waals surface area (Å²) in [6.07, 6.45) is -0.226. The highest BCUT2D eigenvalue weighted by atomic mass is 32.3. The molecule has 1 saturated heterocycles. The molecule has 0 bridgehead atoms. The monoisotopic (exact) mass is 615 g/mol.